The van der Waals surface area contributed by atoms with Gasteiger partial charge in [-0.3, -0.25) is 0 Å². The highest BCUT2D eigenvalue weighted by Crippen LogP contribution is 2.66. The second-order valence-electron chi connectivity index (χ2n) is 15.1. The minimum atomic E-state index is -0.484. The minimum absolute atomic E-state index is 0.142. The zero-order valence-electron chi connectivity index (χ0n) is 30.0. The summed E-state index contributed by atoms with van der Waals surface area (Å²) < 4.78 is 4.81. The van der Waals surface area contributed by atoms with E-state index in [1.807, 2.05) is 0 Å². The summed E-state index contributed by atoms with van der Waals surface area (Å²) in [6.07, 6.45) is 4.63. The van der Waals surface area contributed by atoms with Crippen molar-refractivity contribution in [3.8, 4) is 33.4 Å². The molecule has 0 amide bonds. The van der Waals surface area contributed by atoms with Crippen LogP contribution in [0, 0.1) is 0 Å². The molecule has 0 fully saturated rings. The van der Waals surface area contributed by atoms with Crippen LogP contribution < -0.4 is 4.57 Å². The van der Waals surface area contributed by atoms with Crippen LogP contribution in [-0.2, 0) is 5.41 Å². The lowest BCUT2D eigenvalue weighted by Crippen LogP contribution is -2.43. The van der Waals surface area contributed by atoms with E-state index in [4.69, 9.17) is 0 Å². The molecule has 8 aromatic carbocycles. The van der Waals surface area contributed by atoms with E-state index in [1.54, 1.807) is 0 Å². The average molecular weight is 689 g/mol. The molecule has 2 nitrogen and oxygen atoms in total. The van der Waals surface area contributed by atoms with Crippen LogP contribution in [0.1, 0.15) is 46.6 Å². The normalized spacial score (nSPS) is 15.6. The highest BCUT2D eigenvalue weighted by Gasteiger charge is 2.53. The van der Waals surface area contributed by atoms with Crippen molar-refractivity contribution in [2.24, 2.45) is 0 Å². The van der Waals surface area contributed by atoms with E-state index in [9.17, 15) is 0 Å². The van der Waals surface area contributed by atoms with Gasteiger partial charge in [-0.1, -0.05) is 133 Å². The number of fused-ring (bicyclic) bond motifs is 18. The van der Waals surface area contributed by atoms with E-state index in [1.165, 1.54) is 99.2 Å². The summed E-state index contributed by atoms with van der Waals surface area (Å²) in [4.78, 5) is 0. The molecule has 0 radical (unpaired) electrons. The third-order valence-electron chi connectivity index (χ3n) is 12.6. The topological polar surface area (TPSA) is 6.89 Å². The van der Waals surface area contributed by atoms with E-state index < -0.39 is 5.41 Å². The fraction of sp³-hybridized carbons (Fsp3) is 0.0769. The Bertz CT molecular complexity index is 3050. The molecule has 12 rings (SSSR count). The first-order valence-corrected chi connectivity index (χ1v) is 19.2. The van der Waals surface area contributed by atoms with Gasteiger partial charge >= 0.3 is 6.17 Å². The predicted molar refractivity (Wildman–Crippen MR) is 221 cm³/mol. The van der Waals surface area contributed by atoms with E-state index in [2.05, 4.69) is 198 Å². The zero-order valence-corrected chi connectivity index (χ0v) is 30.0. The van der Waals surface area contributed by atoms with Crippen LogP contribution in [0.5, 0.6) is 0 Å². The molecule has 9 aromatic rings. The van der Waals surface area contributed by atoms with Gasteiger partial charge in [-0.25, -0.2) is 0 Å². The Morgan fingerprint density at radius 2 is 1.04 bits per heavy atom. The van der Waals surface area contributed by atoms with E-state index in [0.29, 0.717) is 0 Å². The molecule has 1 aliphatic heterocycles. The van der Waals surface area contributed by atoms with Crippen LogP contribution in [0.25, 0.3) is 65.7 Å². The number of pyridine rings is 1. The van der Waals surface area contributed by atoms with E-state index in [0.717, 1.165) is 6.54 Å². The Labute approximate surface area is 314 Å². The molecule has 3 aliphatic rings. The van der Waals surface area contributed by atoms with Crippen molar-refractivity contribution in [2.45, 2.75) is 18.5 Å². The molecular formula is C52H36N2+2. The van der Waals surface area contributed by atoms with Crippen molar-refractivity contribution in [3.05, 3.63) is 210 Å². The Morgan fingerprint density at radius 3 is 1.72 bits per heavy atom. The van der Waals surface area contributed by atoms with Crippen molar-refractivity contribution in [1.29, 1.82) is 0 Å². The monoisotopic (exact) mass is 688 g/mol. The number of hydrogen-bond acceptors (Lipinski definition) is 0. The maximum atomic E-state index is 2.57. The van der Waals surface area contributed by atoms with Crippen molar-refractivity contribution >= 4 is 38.5 Å². The molecule has 0 saturated heterocycles. The quantitative estimate of drug-likeness (QED) is 0.129. The Morgan fingerprint density at radius 1 is 0.481 bits per heavy atom. The molecule has 2 heterocycles. The fourth-order valence-electron chi connectivity index (χ4n) is 10.6. The van der Waals surface area contributed by atoms with Crippen LogP contribution in [0.3, 0.4) is 0 Å². The third-order valence-corrected chi connectivity index (χ3v) is 12.6. The van der Waals surface area contributed by atoms with Gasteiger partial charge in [-0.2, -0.15) is 4.58 Å². The lowest BCUT2D eigenvalue weighted by molar-refractivity contribution is -0.850. The van der Waals surface area contributed by atoms with Gasteiger partial charge in [0.25, 0.3) is 5.69 Å². The van der Waals surface area contributed by atoms with Crippen molar-refractivity contribution in [1.82, 2.24) is 0 Å². The summed E-state index contributed by atoms with van der Waals surface area (Å²) in [5.74, 6) is 0. The van der Waals surface area contributed by atoms with Crippen molar-refractivity contribution < 1.29 is 9.14 Å². The van der Waals surface area contributed by atoms with Gasteiger partial charge in [-0.15, -0.1) is 4.57 Å². The Balaban J connectivity index is 1.20. The molecule has 0 N–H and O–H groups in total. The highest BCUT2D eigenvalue weighted by molar-refractivity contribution is 6.24. The van der Waals surface area contributed by atoms with Crippen LogP contribution in [0.4, 0.5) is 0 Å². The Kier molecular flexibility index (Phi) is 6.06. The lowest BCUT2D eigenvalue weighted by atomic mass is 9.68. The predicted octanol–water partition coefficient (Wildman–Crippen LogP) is 11.5. The molecule has 2 aliphatic carbocycles. The largest absolute Gasteiger partial charge is 0.375 e. The summed E-state index contributed by atoms with van der Waals surface area (Å²) in [6, 6.07) is 64.1. The molecule has 1 unspecified atom stereocenters. The summed E-state index contributed by atoms with van der Waals surface area (Å²) in [6.45, 7) is 3.18. The number of hydrogen-bond donors (Lipinski definition) is 0. The maximum Gasteiger partial charge on any atom is 0.375 e. The summed E-state index contributed by atoms with van der Waals surface area (Å²) in [5, 5.41) is 7.86. The van der Waals surface area contributed by atoms with E-state index >= 15 is 0 Å². The summed E-state index contributed by atoms with van der Waals surface area (Å²) in [5.41, 5.74) is 15.5. The van der Waals surface area contributed by atoms with Gasteiger partial charge < -0.3 is 0 Å². The van der Waals surface area contributed by atoms with Crippen LogP contribution in [0.2, 0.25) is 0 Å². The van der Waals surface area contributed by atoms with Crippen molar-refractivity contribution in [2.75, 3.05) is 6.54 Å². The Hall–Kier alpha value is -6.64. The van der Waals surface area contributed by atoms with Gasteiger partial charge in [0.05, 0.1) is 11.0 Å². The molecule has 1 spiro atoms. The highest BCUT2D eigenvalue weighted by atomic mass is 15.3. The number of aromatic nitrogens is 1. The first kappa shape index (κ1) is 29.9. The number of benzene rings is 8. The molecule has 0 bridgehead atoms. The minimum Gasteiger partial charge on any atom is -0.165 e. The SMILES string of the molecule is CC[N+]1=Cc2cccc[n+]2C1c1ccc(-c2cc3c(c4ccccc24)-c2c(c4ccccc4c4ccccc24)C32c3ccccc3-c3ccccc32)cc1. The molecule has 1 aromatic heterocycles. The van der Waals surface area contributed by atoms with Crippen LogP contribution >= 0.6 is 0 Å². The van der Waals surface area contributed by atoms with Gasteiger partial charge in [0.1, 0.15) is 6.54 Å². The summed E-state index contributed by atoms with van der Waals surface area (Å²) in [7, 11) is 0. The van der Waals surface area contributed by atoms with E-state index in [-0.39, 0.29) is 6.17 Å². The molecule has 0 saturated carbocycles. The number of nitrogens with zero attached hydrogens (tertiary/aromatic N) is 2. The van der Waals surface area contributed by atoms with Crippen LogP contribution in [-0.4, -0.2) is 17.3 Å². The number of rotatable bonds is 3. The van der Waals surface area contributed by atoms with Gasteiger partial charge in [0, 0.05) is 12.1 Å². The first-order valence-electron chi connectivity index (χ1n) is 19.2. The fourth-order valence-corrected chi connectivity index (χ4v) is 10.6. The maximum absolute atomic E-state index is 2.57. The smallest absolute Gasteiger partial charge is 0.165 e. The van der Waals surface area contributed by atoms with Gasteiger partial charge in [0.15, 0.2) is 6.20 Å². The van der Waals surface area contributed by atoms with Crippen LogP contribution in [0.15, 0.2) is 176 Å². The molecule has 252 valence electrons. The lowest BCUT2D eigenvalue weighted by Gasteiger charge is -2.32. The molecular weight excluding hydrogens is 653 g/mol. The molecule has 1 atom stereocenters. The zero-order chi connectivity index (χ0) is 35.5. The molecule has 54 heavy (non-hydrogen) atoms. The molecule has 2 heteroatoms. The first-order chi connectivity index (χ1) is 26.8. The average Bonchev–Trinajstić information content (AvgIpc) is 3.88. The van der Waals surface area contributed by atoms with Gasteiger partial charge in [-0.05, 0) is 119 Å². The third kappa shape index (κ3) is 3.70. The standard InChI is InChI=1S/C52H36N2/c1-2-53-32-35-15-13-14-30-54(35)51(53)34-28-26-33(27-29-34)44-31-47-48(41-21-6-4-18-38(41)44)49-42-22-7-3-16-36(42)37-17-5-8-23-43(37)50(49)52(47)45-24-11-9-19-39(45)40-20-10-12-25-46(40)52/h3-32,51H,2H2,1H3/q+2. The van der Waals surface area contributed by atoms with Crippen molar-refractivity contribution in [3.63, 3.8) is 0 Å². The second kappa shape index (κ2) is 10.9. The second-order valence-corrected chi connectivity index (χ2v) is 15.1. The summed E-state index contributed by atoms with van der Waals surface area (Å²) >= 11 is 0. The van der Waals surface area contributed by atoms with Gasteiger partial charge in [0.2, 0.25) is 6.21 Å².